The molecule has 2 aliphatic rings. The number of alkyl halides is 2. The first-order valence-electron chi connectivity index (χ1n) is 3.14. The van der Waals surface area contributed by atoms with Crippen LogP contribution >= 0.6 is 0 Å². The highest BCUT2D eigenvalue weighted by atomic mass is 19.3. The Morgan fingerprint density at radius 1 is 1.44 bits per heavy atom. The smallest absolute Gasteiger partial charge is 0.259 e. The fourth-order valence-corrected chi connectivity index (χ4v) is 1.70. The molecule has 0 amide bonds. The normalized spacial score (nSPS) is 41.0. The summed E-state index contributed by atoms with van der Waals surface area (Å²) in [7, 11) is 0. The van der Waals surface area contributed by atoms with Crippen LogP contribution in [0.2, 0.25) is 0 Å². The molecule has 2 aliphatic carbocycles. The monoisotopic (exact) mass is 134 g/mol. The van der Waals surface area contributed by atoms with Crippen LogP contribution in [-0.2, 0) is 0 Å². The van der Waals surface area contributed by atoms with Crippen molar-refractivity contribution in [3.8, 4) is 0 Å². The number of halogens is 2. The Labute approximate surface area is 51.7 Å². The van der Waals surface area contributed by atoms with E-state index >= 15 is 0 Å². The first kappa shape index (κ1) is 5.59. The molecule has 9 heavy (non-hydrogen) atoms. The maximum absolute atomic E-state index is 12.5. The molecule has 2 fully saturated rings. The van der Waals surface area contributed by atoms with Gasteiger partial charge in [-0.25, -0.2) is 8.78 Å². The highest BCUT2D eigenvalue weighted by molar-refractivity contribution is 5.25. The van der Waals surface area contributed by atoms with Gasteiger partial charge in [-0.05, 0) is 12.8 Å². The summed E-state index contributed by atoms with van der Waals surface area (Å²) < 4.78 is 25.0. The predicted octanol–water partition coefficient (Wildman–Crippen LogP) is 1.02. The van der Waals surface area contributed by atoms with Crippen LogP contribution in [0, 0.1) is 11.3 Å². The Balaban J connectivity index is 2.16. The van der Waals surface area contributed by atoms with Crippen molar-refractivity contribution in [3.63, 3.8) is 0 Å². The highest BCUT2D eigenvalue weighted by Gasteiger charge is 2.85. The van der Waals surface area contributed by atoms with Crippen LogP contribution in [0.3, 0.4) is 0 Å². The maximum Gasteiger partial charge on any atom is 0.259 e. The zero-order valence-corrected chi connectivity index (χ0v) is 4.90. The third-order valence-corrected chi connectivity index (χ3v) is 2.66. The van der Waals surface area contributed by atoms with E-state index in [0.29, 0.717) is 12.8 Å². The van der Waals surface area contributed by atoms with Crippen LogP contribution in [0.25, 0.3) is 0 Å². The van der Waals surface area contributed by atoms with Gasteiger partial charge in [-0.1, -0.05) is 0 Å². The van der Waals surface area contributed by atoms with Crippen molar-refractivity contribution in [1.29, 1.82) is 0 Å². The lowest BCUT2D eigenvalue weighted by atomic mass is 10.3. The third kappa shape index (κ3) is 0.397. The molecule has 0 radical (unpaired) electrons. The molecule has 0 bridgehead atoms. The molecule has 2 rings (SSSR count). The number of aliphatic hydroxyl groups is 1. The number of aliphatic hydroxyl groups excluding tert-OH is 1. The number of rotatable bonds is 1. The second-order valence-electron chi connectivity index (χ2n) is 3.01. The number of hydrogen-bond acceptors (Lipinski definition) is 1. The molecule has 0 saturated heterocycles. The van der Waals surface area contributed by atoms with E-state index in [9.17, 15) is 8.78 Å². The Morgan fingerprint density at radius 2 is 2.00 bits per heavy atom. The fourth-order valence-electron chi connectivity index (χ4n) is 1.70. The molecular formula is C6H8F2O. The zero-order chi connectivity index (χ0) is 6.70. The fraction of sp³-hybridized carbons (Fsp3) is 1.00. The number of hydrogen-bond donors (Lipinski definition) is 1. The van der Waals surface area contributed by atoms with Crippen molar-refractivity contribution in [2.75, 3.05) is 6.61 Å². The Kier molecular flexibility index (Phi) is 0.712. The Bertz CT molecular complexity index is 147. The van der Waals surface area contributed by atoms with E-state index in [4.69, 9.17) is 5.11 Å². The van der Waals surface area contributed by atoms with Crippen molar-refractivity contribution in [2.45, 2.75) is 18.8 Å². The summed E-state index contributed by atoms with van der Waals surface area (Å²) >= 11 is 0. The van der Waals surface area contributed by atoms with Crippen LogP contribution in [0.15, 0.2) is 0 Å². The first-order chi connectivity index (χ1) is 4.15. The zero-order valence-electron chi connectivity index (χ0n) is 4.90. The largest absolute Gasteiger partial charge is 0.396 e. The summed E-state index contributed by atoms with van der Waals surface area (Å²) in [4.78, 5) is 0. The molecule has 1 spiro atoms. The standard InChI is InChI=1S/C6H8F2O/c7-6(8)4(3-9)5(6)1-2-5/h4,9H,1-3H2. The quantitative estimate of drug-likeness (QED) is 0.567. The van der Waals surface area contributed by atoms with Crippen LogP contribution in [0.5, 0.6) is 0 Å². The minimum absolute atomic E-state index is 0.340. The van der Waals surface area contributed by atoms with Crippen molar-refractivity contribution in [3.05, 3.63) is 0 Å². The van der Waals surface area contributed by atoms with E-state index in [0.717, 1.165) is 0 Å². The minimum atomic E-state index is -2.53. The van der Waals surface area contributed by atoms with Crippen molar-refractivity contribution in [2.24, 2.45) is 11.3 Å². The lowest BCUT2D eigenvalue weighted by Gasteiger charge is -1.87. The van der Waals surface area contributed by atoms with E-state index < -0.39 is 17.3 Å². The van der Waals surface area contributed by atoms with Gasteiger partial charge in [0.25, 0.3) is 5.92 Å². The van der Waals surface area contributed by atoms with Crippen molar-refractivity contribution >= 4 is 0 Å². The molecule has 2 saturated carbocycles. The molecule has 1 nitrogen and oxygen atoms in total. The molecule has 1 atom stereocenters. The van der Waals surface area contributed by atoms with Crippen molar-refractivity contribution < 1.29 is 13.9 Å². The first-order valence-corrected chi connectivity index (χ1v) is 3.14. The summed E-state index contributed by atoms with van der Waals surface area (Å²) in [6.45, 7) is -0.340. The van der Waals surface area contributed by atoms with Gasteiger partial charge in [0.05, 0.1) is 12.5 Å². The lowest BCUT2D eigenvalue weighted by molar-refractivity contribution is 0.0690. The second kappa shape index (κ2) is 1.15. The molecule has 0 aliphatic heterocycles. The topological polar surface area (TPSA) is 20.2 Å². The maximum atomic E-state index is 12.5. The van der Waals surface area contributed by atoms with Crippen LogP contribution in [0.4, 0.5) is 8.78 Å². The van der Waals surface area contributed by atoms with Gasteiger partial charge in [0.1, 0.15) is 0 Å². The highest BCUT2D eigenvalue weighted by Crippen LogP contribution is 2.79. The Hall–Kier alpha value is -0.180. The van der Waals surface area contributed by atoms with E-state index in [1.165, 1.54) is 0 Å². The van der Waals surface area contributed by atoms with Crippen molar-refractivity contribution in [1.82, 2.24) is 0 Å². The summed E-state index contributed by atoms with van der Waals surface area (Å²) in [5.41, 5.74) is -0.720. The lowest BCUT2D eigenvalue weighted by Crippen LogP contribution is -1.97. The van der Waals surface area contributed by atoms with Gasteiger partial charge in [0, 0.05) is 5.41 Å². The molecule has 1 unspecified atom stereocenters. The second-order valence-corrected chi connectivity index (χ2v) is 3.01. The third-order valence-electron chi connectivity index (χ3n) is 2.66. The minimum Gasteiger partial charge on any atom is -0.396 e. The van der Waals surface area contributed by atoms with E-state index in [2.05, 4.69) is 0 Å². The summed E-state index contributed by atoms with van der Waals surface area (Å²) in [6.07, 6.45) is 1.23. The molecule has 0 aromatic rings. The van der Waals surface area contributed by atoms with E-state index in [-0.39, 0.29) is 6.61 Å². The van der Waals surface area contributed by atoms with Gasteiger partial charge in [0.15, 0.2) is 0 Å². The average molecular weight is 134 g/mol. The molecule has 0 aromatic heterocycles. The molecule has 0 aromatic carbocycles. The van der Waals surface area contributed by atoms with Crippen LogP contribution in [-0.4, -0.2) is 17.6 Å². The van der Waals surface area contributed by atoms with Gasteiger partial charge in [-0.3, -0.25) is 0 Å². The van der Waals surface area contributed by atoms with E-state index in [1.54, 1.807) is 0 Å². The van der Waals surface area contributed by atoms with Gasteiger partial charge in [-0.2, -0.15) is 0 Å². The average Bonchev–Trinajstić information content (AvgIpc) is 2.54. The SMILES string of the molecule is OCC1C(F)(F)C12CC2. The summed E-state index contributed by atoms with van der Waals surface area (Å²) in [6, 6.07) is 0. The van der Waals surface area contributed by atoms with Gasteiger partial charge >= 0.3 is 0 Å². The van der Waals surface area contributed by atoms with Gasteiger partial charge < -0.3 is 5.11 Å². The van der Waals surface area contributed by atoms with Gasteiger partial charge in [0.2, 0.25) is 0 Å². The van der Waals surface area contributed by atoms with Crippen LogP contribution in [0.1, 0.15) is 12.8 Å². The van der Waals surface area contributed by atoms with E-state index in [1.807, 2.05) is 0 Å². The summed E-state index contributed by atoms with van der Waals surface area (Å²) in [5, 5.41) is 8.44. The predicted molar refractivity (Wildman–Crippen MR) is 27.2 cm³/mol. The van der Waals surface area contributed by atoms with Gasteiger partial charge in [-0.15, -0.1) is 0 Å². The molecule has 3 heteroatoms. The summed E-state index contributed by atoms with van der Waals surface area (Å²) in [5.74, 6) is -3.23. The Morgan fingerprint density at radius 3 is 2.11 bits per heavy atom. The molecular weight excluding hydrogens is 126 g/mol. The molecule has 1 N–H and O–H groups in total. The van der Waals surface area contributed by atoms with Crippen LogP contribution < -0.4 is 0 Å². The molecule has 0 heterocycles. The molecule has 52 valence electrons.